The molecule has 0 aromatic heterocycles. The summed E-state index contributed by atoms with van der Waals surface area (Å²) in [5.74, 6) is 0.748. The Hall–Kier alpha value is 0.200. The molecule has 0 radical (unpaired) electrons. The van der Waals surface area contributed by atoms with Gasteiger partial charge in [0.1, 0.15) is 0 Å². The van der Waals surface area contributed by atoms with Crippen LogP contribution >= 0.6 is 22.6 Å². The minimum atomic E-state index is 0.200. The normalized spacial score (nSPS) is 13.0. The first-order valence-corrected chi connectivity index (χ1v) is 6.17. The Balaban J connectivity index is 3.30. The van der Waals surface area contributed by atoms with Gasteiger partial charge in [-0.25, -0.2) is 0 Å². The lowest BCUT2D eigenvalue weighted by atomic mass is 10.2. The molecule has 1 amide bonds. The van der Waals surface area contributed by atoms with E-state index in [1.807, 2.05) is 0 Å². The van der Waals surface area contributed by atoms with Gasteiger partial charge in [-0.15, -0.1) is 0 Å². The third-order valence-corrected chi connectivity index (χ3v) is 2.34. The number of hydrogen-bond donors (Lipinski definition) is 1. The SMILES string of the molecule is CC(C)CNC(=O)CCCC(C)I. The summed E-state index contributed by atoms with van der Waals surface area (Å²) < 4.78 is 0.676. The monoisotopic (exact) mass is 297 g/mol. The van der Waals surface area contributed by atoms with E-state index < -0.39 is 0 Å². The number of carbonyl (C=O) groups is 1. The molecule has 0 aromatic rings. The fourth-order valence-corrected chi connectivity index (χ4v) is 1.39. The van der Waals surface area contributed by atoms with Gasteiger partial charge in [-0.3, -0.25) is 4.79 Å². The van der Waals surface area contributed by atoms with Crippen molar-refractivity contribution in [3.8, 4) is 0 Å². The molecule has 0 rings (SSSR count). The standard InChI is InChI=1S/C10H20INO/c1-8(2)7-12-10(13)6-4-5-9(3)11/h8-9H,4-7H2,1-3H3,(H,12,13). The third-order valence-electron chi connectivity index (χ3n) is 1.71. The summed E-state index contributed by atoms with van der Waals surface area (Å²) in [7, 11) is 0. The lowest BCUT2D eigenvalue weighted by Crippen LogP contribution is -2.27. The van der Waals surface area contributed by atoms with Crippen molar-refractivity contribution in [1.29, 1.82) is 0 Å². The van der Waals surface area contributed by atoms with Crippen LogP contribution in [0.5, 0.6) is 0 Å². The predicted molar refractivity (Wildman–Crippen MR) is 65.2 cm³/mol. The van der Waals surface area contributed by atoms with E-state index in [0.29, 0.717) is 16.3 Å². The topological polar surface area (TPSA) is 29.1 Å². The summed E-state index contributed by atoms with van der Waals surface area (Å²) in [6.45, 7) is 7.19. The van der Waals surface area contributed by atoms with Crippen LogP contribution in [-0.4, -0.2) is 16.4 Å². The van der Waals surface area contributed by atoms with Crippen LogP contribution < -0.4 is 5.32 Å². The molecule has 78 valence electrons. The summed E-state index contributed by atoms with van der Waals surface area (Å²) in [6.07, 6.45) is 2.82. The minimum absolute atomic E-state index is 0.200. The molecule has 0 saturated heterocycles. The summed E-state index contributed by atoms with van der Waals surface area (Å²) in [5, 5.41) is 2.91. The number of carbonyl (C=O) groups excluding carboxylic acids is 1. The number of rotatable bonds is 6. The van der Waals surface area contributed by atoms with Crippen molar-refractivity contribution < 1.29 is 4.79 Å². The van der Waals surface area contributed by atoms with E-state index >= 15 is 0 Å². The van der Waals surface area contributed by atoms with Crippen LogP contribution in [0.3, 0.4) is 0 Å². The summed E-state index contributed by atoms with van der Waals surface area (Å²) in [4.78, 5) is 11.2. The number of amides is 1. The second-order valence-corrected chi connectivity index (χ2v) is 6.00. The van der Waals surface area contributed by atoms with Gasteiger partial charge < -0.3 is 5.32 Å². The van der Waals surface area contributed by atoms with Crippen molar-refractivity contribution in [2.24, 2.45) is 5.92 Å². The largest absolute Gasteiger partial charge is 0.356 e. The Morgan fingerprint density at radius 1 is 1.38 bits per heavy atom. The fourth-order valence-electron chi connectivity index (χ4n) is 0.950. The molecule has 0 spiro atoms. The van der Waals surface area contributed by atoms with Crippen molar-refractivity contribution in [3.05, 3.63) is 0 Å². The van der Waals surface area contributed by atoms with Crippen LogP contribution in [0.25, 0.3) is 0 Å². The average molecular weight is 297 g/mol. The molecule has 1 N–H and O–H groups in total. The smallest absolute Gasteiger partial charge is 0.220 e. The fraction of sp³-hybridized carbons (Fsp3) is 0.900. The number of halogens is 1. The van der Waals surface area contributed by atoms with Crippen molar-refractivity contribution in [3.63, 3.8) is 0 Å². The van der Waals surface area contributed by atoms with Crippen molar-refractivity contribution in [2.45, 2.75) is 44.0 Å². The van der Waals surface area contributed by atoms with E-state index in [1.54, 1.807) is 0 Å². The first kappa shape index (κ1) is 13.2. The van der Waals surface area contributed by atoms with E-state index in [0.717, 1.165) is 19.4 Å². The van der Waals surface area contributed by atoms with Gasteiger partial charge in [-0.1, -0.05) is 43.4 Å². The molecule has 3 heteroatoms. The number of nitrogens with one attached hydrogen (secondary N) is 1. The molecule has 0 heterocycles. The zero-order chi connectivity index (χ0) is 10.3. The molecule has 0 saturated carbocycles. The van der Waals surface area contributed by atoms with E-state index in [4.69, 9.17) is 0 Å². The van der Waals surface area contributed by atoms with Crippen molar-refractivity contribution in [2.75, 3.05) is 6.54 Å². The molecule has 2 nitrogen and oxygen atoms in total. The highest BCUT2D eigenvalue weighted by Gasteiger charge is 2.03. The number of hydrogen-bond acceptors (Lipinski definition) is 1. The summed E-state index contributed by atoms with van der Waals surface area (Å²) in [6, 6.07) is 0. The van der Waals surface area contributed by atoms with Crippen molar-refractivity contribution in [1.82, 2.24) is 5.32 Å². The van der Waals surface area contributed by atoms with E-state index in [2.05, 4.69) is 48.7 Å². The molecule has 1 atom stereocenters. The van der Waals surface area contributed by atoms with Crippen LogP contribution in [0.1, 0.15) is 40.0 Å². The molecule has 13 heavy (non-hydrogen) atoms. The van der Waals surface area contributed by atoms with Gasteiger partial charge in [-0.2, -0.15) is 0 Å². The lowest BCUT2D eigenvalue weighted by molar-refractivity contribution is -0.121. The van der Waals surface area contributed by atoms with Crippen LogP contribution in [0.4, 0.5) is 0 Å². The molecule has 1 unspecified atom stereocenters. The first-order chi connectivity index (χ1) is 6.02. The zero-order valence-electron chi connectivity index (χ0n) is 8.77. The predicted octanol–water partition coefficient (Wildman–Crippen LogP) is 2.75. The van der Waals surface area contributed by atoms with Gasteiger partial charge >= 0.3 is 0 Å². The molecule has 0 bridgehead atoms. The van der Waals surface area contributed by atoms with Gasteiger partial charge in [0.05, 0.1) is 0 Å². The number of alkyl halides is 1. The summed E-state index contributed by atoms with van der Waals surface area (Å²) in [5.41, 5.74) is 0. The van der Waals surface area contributed by atoms with Crippen molar-refractivity contribution >= 4 is 28.5 Å². The molecule has 0 aliphatic rings. The van der Waals surface area contributed by atoms with Crippen LogP contribution in [0, 0.1) is 5.92 Å². The van der Waals surface area contributed by atoms with Gasteiger partial charge in [0.25, 0.3) is 0 Å². The van der Waals surface area contributed by atoms with Crippen LogP contribution in [0.15, 0.2) is 0 Å². The Labute approximate surface area is 95.0 Å². The highest BCUT2D eigenvalue weighted by Crippen LogP contribution is 2.08. The van der Waals surface area contributed by atoms with Gasteiger partial charge in [0.2, 0.25) is 5.91 Å². The summed E-state index contributed by atoms with van der Waals surface area (Å²) >= 11 is 2.39. The maximum absolute atomic E-state index is 11.2. The maximum Gasteiger partial charge on any atom is 0.220 e. The quantitative estimate of drug-likeness (QED) is 0.593. The zero-order valence-corrected chi connectivity index (χ0v) is 10.9. The van der Waals surface area contributed by atoms with E-state index in [-0.39, 0.29) is 5.91 Å². The highest BCUT2D eigenvalue weighted by molar-refractivity contribution is 14.1. The minimum Gasteiger partial charge on any atom is -0.356 e. The second-order valence-electron chi connectivity index (χ2n) is 3.87. The van der Waals surface area contributed by atoms with Crippen LogP contribution in [0.2, 0.25) is 0 Å². The molecular formula is C10H20INO. The Kier molecular flexibility index (Phi) is 7.71. The molecule has 0 aromatic carbocycles. The second kappa shape index (κ2) is 7.59. The Bertz CT molecular complexity index is 146. The average Bonchev–Trinajstić information content (AvgIpc) is 2.00. The molecular weight excluding hydrogens is 277 g/mol. The first-order valence-electron chi connectivity index (χ1n) is 4.93. The van der Waals surface area contributed by atoms with Gasteiger partial charge in [-0.05, 0) is 18.8 Å². The molecule has 0 fully saturated rings. The highest BCUT2D eigenvalue weighted by atomic mass is 127. The maximum atomic E-state index is 11.2. The van der Waals surface area contributed by atoms with Gasteiger partial charge in [0.15, 0.2) is 0 Å². The van der Waals surface area contributed by atoms with E-state index in [1.165, 1.54) is 0 Å². The Morgan fingerprint density at radius 2 is 2.00 bits per heavy atom. The molecule has 0 aliphatic heterocycles. The van der Waals surface area contributed by atoms with E-state index in [9.17, 15) is 4.79 Å². The van der Waals surface area contributed by atoms with Crippen LogP contribution in [-0.2, 0) is 4.79 Å². The third kappa shape index (κ3) is 10.1. The Morgan fingerprint density at radius 3 is 2.46 bits per heavy atom. The van der Waals surface area contributed by atoms with Gasteiger partial charge in [0, 0.05) is 16.9 Å². The molecule has 0 aliphatic carbocycles. The lowest BCUT2D eigenvalue weighted by Gasteiger charge is -2.07.